The van der Waals surface area contributed by atoms with Crippen molar-refractivity contribution in [3.8, 4) is 0 Å². The van der Waals surface area contributed by atoms with Crippen LogP contribution in [0.1, 0.15) is 25.3 Å². The standard InChI is InChI=1S/C14H20ClNO2S/c1-12(15)14-7-9-16(10-8-14)19(17,18)11-13-5-3-2-4-6-13/h2-6,12,14H,7-11H2,1H3. The maximum atomic E-state index is 12.3. The Balaban J connectivity index is 1.98. The van der Waals surface area contributed by atoms with Crippen LogP contribution in [0.25, 0.3) is 0 Å². The largest absolute Gasteiger partial charge is 0.218 e. The number of piperidine rings is 1. The van der Waals surface area contributed by atoms with Crippen molar-refractivity contribution in [3.05, 3.63) is 35.9 Å². The summed E-state index contributed by atoms with van der Waals surface area (Å²) in [6, 6.07) is 9.33. The van der Waals surface area contributed by atoms with Gasteiger partial charge in [-0.1, -0.05) is 30.3 Å². The van der Waals surface area contributed by atoms with Crippen LogP contribution in [0, 0.1) is 5.92 Å². The van der Waals surface area contributed by atoms with Crippen LogP contribution in [0.15, 0.2) is 30.3 Å². The highest BCUT2D eigenvalue weighted by Crippen LogP contribution is 2.26. The van der Waals surface area contributed by atoms with Gasteiger partial charge in [-0.2, -0.15) is 0 Å². The number of rotatable bonds is 4. The first-order valence-electron chi connectivity index (χ1n) is 6.65. The molecular formula is C14H20ClNO2S. The SMILES string of the molecule is CC(Cl)C1CCN(S(=O)(=O)Cc2ccccc2)CC1. The number of hydrogen-bond acceptors (Lipinski definition) is 2. The Kier molecular flexibility index (Phi) is 4.87. The normalized spacial score (nSPS) is 20.3. The molecule has 0 N–H and O–H groups in total. The van der Waals surface area contributed by atoms with Gasteiger partial charge in [0.15, 0.2) is 0 Å². The number of sulfonamides is 1. The van der Waals surface area contributed by atoms with Gasteiger partial charge in [0.05, 0.1) is 5.75 Å². The molecule has 1 aromatic rings. The maximum Gasteiger partial charge on any atom is 0.218 e. The van der Waals surface area contributed by atoms with E-state index in [2.05, 4.69) is 0 Å². The van der Waals surface area contributed by atoms with Gasteiger partial charge in [0.2, 0.25) is 10.0 Å². The summed E-state index contributed by atoms with van der Waals surface area (Å²) in [7, 11) is -3.20. The Labute approximate surface area is 120 Å². The fraction of sp³-hybridized carbons (Fsp3) is 0.571. The van der Waals surface area contributed by atoms with Gasteiger partial charge in [0.25, 0.3) is 0 Å². The summed E-state index contributed by atoms with van der Waals surface area (Å²) in [5.74, 6) is 0.527. The molecule has 0 radical (unpaired) electrons. The van der Waals surface area contributed by atoms with E-state index in [0.29, 0.717) is 19.0 Å². The Morgan fingerprint density at radius 3 is 2.37 bits per heavy atom. The van der Waals surface area contributed by atoms with Gasteiger partial charge in [0.1, 0.15) is 0 Å². The zero-order valence-electron chi connectivity index (χ0n) is 11.1. The molecule has 0 amide bonds. The lowest BCUT2D eigenvalue weighted by Crippen LogP contribution is -2.40. The van der Waals surface area contributed by atoms with Crippen molar-refractivity contribution >= 4 is 21.6 Å². The van der Waals surface area contributed by atoms with Gasteiger partial charge in [-0.15, -0.1) is 11.6 Å². The van der Waals surface area contributed by atoms with Crippen molar-refractivity contribution in [2.24, 2.45) is 5.92 Å². The van der Waals surface area contributed by atoms with E-state index in [4.69, 9.17) is 11.6 Å². The summed E-state index contributed by atoms with van der Waals surface area (Å²) in [4.78, 5) is 0. The summed E-state index contributed by atoms with van der Waals surface area (Å²) in [6.45, 7) is 3.17. The van der Waals surface area contributed by atoms with E-state index in [1.54, 1.807) is 4.31 Å². The van der Waals surface area contributed by atoms with E-state index in [1.807, 2.05) is 37.3 Å². The zero-order chi connectivity index (χ0) is 13.9. The first kappa shape index (κ1) is 14.8. The molecule has 0 saturated carbocycles. The third kappa shape index (κ3) is 3.94. The van der Waals surface area contributed by atoms with Crippen molar-refractivity contribution in [2.45, 2.75) is 30.9 Å². The minimum absolute atomic E-state index is 0.0922. The molecule has 1 heterocycles. The number of alkyl halides is 1. The number of benzene rings is 1. The van der Waals surface area contributed by atoms with E-state index < -0.39 is 10.0 Å². The first-order valence-corrected chi connectivity index (χ1v) is 8.69. The molecule has 2 rings (SSSR count). The van der Waals surface area contributed by atoms with Crippen LogP contribution in [0.5, 0.6) is 0 Å². The molecule has 0 aliphatic carbocycles. The van der Waals surface area contributed by atoms with Gasteiger partial charge >= 0.3 is 0 Å². The highest BCUT2D eigenvalue weighted by Gasteiger charge is 2.29. The van der Waals surface area contributed by atoms with Crippen molar-refractivity contribution in [1.82, 2.24) is 4.31 Å². The molecule has 3 nitrogen and oxygen atoms in total. The summed E-state index contributed by atoms with van der Waals surface area (Å²) in [5.41, 5.74) is 0.843. The fourth-order valence-electron chi connectivity index (χ4n) is 2.49. The lowest BCUT2D eigenvalue weighted by Gasteiger charge is -2.32. The average molecular weight is 302 g/mol. The quantitative estimate of drug-likeness (QED) is 0.802. The van der Waals surface area contributed by atoms with Crippen LogP contribution >= 0.6 is 11.6 Å². The molecule has 0 bridgehead atoms. The Hall–Kier alpha value is -0.580. The van der Waals surface area contributed by atoms with Crippen LogP contribution in [0.4, 0.5) is 0 Å². The Morgan fingerprint density at radius 2 is 1.84 bits per heavy atom. The molecule has 1 aliphatic rings. The summed E-state index contributed by atoms with van der Waals surface area (Å²) in [5, 5.41) is 0.124. The number of halogens is 1. The predicted molar refractivity (Wildman–Crippen MR) is 78.7 cm³/mol. The predicted octanol–water partition coefficient (Wildman–Crippen LogP) is 2.86. The number of nitrogens with zero attached hydrogens (tertiary/aromatic N) is 1. The highest BCUT2D eigenvalue weighted by atomic mass is 35.5. The van der Waals surface area contributed by atoms with E-state index in [-0.39, 0.29) is 11.1 Å². The van der Waals surface area contributed by atoms with Crippen molar-refractivity contribution in [2.75, 3.05) is 13.1 Å². The minimum Gasteiger partial charge on any atom is -0.212 e. The number of hydrogen-bond donors (Lipinski definition) is 0. The molecule has 1 aromatic carbocycles. The molecule has 106 valence electrons. The average Bonchev–Trinajstić information content (AvgIpc) is 2.39. The molecule has 19 heavy (non-hydrogen) atoms. The molecule has 1 atom stereocenters. The summed E-state index contributed by atoms with van der Waals surface area (Å²) in [6.07, 6.45) is 1.72. The van der Waals surface area contributed by atoms with Gasteiger partial charge in [0, 0.05) is 18.5 Å². The second kappa shape index (κ2) is 6.25. The van der Waals surface area contributed by atoms with Gasteiger partial charge in [-0.3, -0.25) is 0 Å². The lowest BCUT2D eigenvalue weighted by molar-refractivity contribution is 0.271. The molecule has 1 aliphatic heterocycles. The van der Waals surface area contributed by atoms with Crippen molar-refractivity contribution in [3.63, 3.8) is 0 Å². The van der Waals surface area contributed by atoms with Gasteiger partial charge < -0.3 is 0 Å². The van der Waals surface area contributed by atoms with E-state index in [0.717, 1.165) is 18.4 Å². The molecule has 1 saturated heterocycles. The minimum atomic E-state index is -3.20. The van der Waals surface area contributed by atoms with Crippen LogP contribution in [0.3, 0.4) is 0 Å². The van der Waals surface area contributed by atoms with Gasteiger partial charge in [-0.25, -0.2) is 12.7 Å². The summed E-state index contributed by atoms with van der Waals surface area (Å²) < 4.78 is 26.3. The third-order valence-electron chi connectivity index (χ3n) is 3.73. The van der Waals surface area contributed by atoms with E-state index in [1.165, 1.54) is 0 Å². The maximum absolute atomic E-state index is 12.3. The Morgan fingerprint density at radius 1 is 1.26 bits per heavy atom. The Bertz CT molecular complexity index is 493. The van der Waals surface area contributed by atoms with Gasteiger partial charge in [-0.05, 0) is 31.2 Å². The second-order valence-corrected chi connectivity index (χ2v) is 7.81. The smallest absolute Gasteiger partial charge is 0.212 e. The van der Waals surface area contributed by atoms with E-state index >= 15 is 0 Å². The highest BCUT2D eigenvalue weighted by molar-refractivity contribution is 7.88. The molecule has 0 aromatic heterocycles. The molecular weight excluding hydrogens is 282 g/mol. The van der Waals surface area contributed by atoms with Crippen LogP contribution < -0.4 is 0 Å². The monoisotopic (exact) mass is 301 g/mol. The lowest BCUT2D eigenvalue weighted by atomic mass is 9.95. The third-order valence-corrected chi connectivity index (χ3v) is 5.94. The van der Waals surface area contributed by atoms with Crippen molar-refractivity contribution < 1.29 is 8.42 Å². The van der Waals surface area contributed by atoms with Crippen LogP contribution in [0.2, 0.25) is 0 Å². The molecule has 1 unspecified atom stereocenters. The van der Waals surface area contributed by atoms with Crippen molar-refractivity contribution in [1.29, 1.82) is 0 Å². The van der Waals surface area contributed by atoms with E-state index in [9.17, 15) is 8.42 Å². The molecule has 0 spiro atoms. The van der Waals surface area contributed by atoms with Crippen LogP contribution in [-0.2, 0) is 15.8 Å². The zero-order valence-corrected chi connectivity index (χ0v) is 12.7. The summed E-state index contributed by atoms with van der Waals surface area (Å²) >= 11 is 6.08. The first-order chi connectivity index (χ1) is 8.99. The fourth-order valence-corrected chi connectivity index (χ4v) is 4.30. The topological polar surface area (TPSA) is 37.4 Å². The molecule has 1 fully saturated rings. The molecule has 5 heteroatoms. The van der Waals surface area contributed by atoms with Crippen LogP contribution in [-0.4, -0.2) is 31.2 Å². The second-order valence-electron chi connectivity index (χ2n) is 5.16.